The first-order chi connectivity index (χ1) is 12.5. The highest BCUT2D eigenvalue weighted by Crippen LogP contribution is 2.41. The number of benzene rings is 2. The molecule has 1 aliphatic heterocycles. The van der Waals surface area contributed by atoms with E-state index < -0.39 is 0 Å². The van der Waals surface area contributed by atoms with Crippen LogP contribution in [0.3, 0.4) is 0 Å². The van der Waals surface area contributed by atoms with Gasteiger partial charge in [0.15, 0.2) is 0 Å². The minimum Gasteiger partial charge on any atom is -0.383 e. The Morgan fingerprint density at radius 3 is 2.42 bits per heavy atom. The van der Waals surface area contributed by atoms with Crippen LogP contribution in [0.15, 0.2) is 58.3 Å². The Morgan fingerprint density at radius 1 is 1.04 bits per heavy atom. The van der Waals surface area contributed by atoms with Crippen molar-refractivity contribution < 1.29 is 14.3 Å². The van der Waals surface area contributed by atoms with Crippen LogP contribution >= 0.6 is 35.0 Å². The third-order valence-corrected chi connectivity index (χ3v) is 5.45. The number of rotatable bonds is 6. The minimum absolute atomic E-state index is 0.182. The summed E-state index contributed by atoms with van der Waals surface area (Å²) in [5, 5.41) is 0.790. The Kier molecular flexibility index (Phi) is 6.04. The van der Waals surface area contributed by atoms with Crippen LogP contribution in [-0.4, -0.2) is 37.0 Å². The molecule has 2 amide bonds. The summed E-state index contributed by atoms with van der Waals surface area (Å²) in [4.78, 5) is 28.2. The zero-order valence-corrected chi connectivity index (χ0v) is 16.2. The minimum atomic E-state index is -0.380. The second kappa shape index (κ2) is 8.27. The predicted molar refractivity (Wildman–Crippen MR) is 104 cm³/mol. The average molecular weight is 408 g/mol. The van der Waals surface area contributed by atoms with Crippen molar-refractivity contribution in [2.45, 2.75) is 4.90 Å². The van der Waals surface area contributed by atoms with E-state index in [1.54, 1.807) is 18.2 Å². The summed E-state index contributed by atoms with van der Waals surface area (Å²) in [7, 11) is 1.52. The van der Waals surface area contributed by atoms with Crippen LogP contribution in [0.2, 0.25) is 10.0 Å². The maximum Gasteiger partial charge on any atom is 0.268 e. The van der Waals surface area contributed by atoms with E-state index in [-0.39, 0.29) is 25.0 Å². The standard InChI is InChI=1S/C19H15Cl2NO3S/c1-25-10-9-22-18(23)16(14-8-7-12(20)11-15(14)21)17(19(22)24)26-13-5-3-2-4-6-13/h2-8,11H,9-10H2,1H3. The van der Waals surface area contributed by atoms with Gasteiger partial charge in [0.1, 0.15) is 0 Å². The molecule has 1 aliphatic rings. The fourth-order valence-corrected chi connectivity index (χ4v) is 4.10. The highest BCUT2D eigenvalue weighted by atomic mass is 35.5. The molecule has 134 valence electrons. The number of thioether (sulfide) groups is 1. The molecule has 4 nitrogen and oxygen atoms in total. The highest BCUT2D eigenvalue weighted by molar-refractivity contribution is 8.04. The van der Waals surface area contributed by atoms with Gasteiger partial charge in [-0.25, -0.2) is 0 Å². The molecule has 0 spiro atoms. The van der Waals surface area contributed by atoms with Crippen molar-refractivity contribution in [3.8, 4) is 0 Å². The molecule has 0 unspecified atom stereocenters. The summed E-state index contributed by atoms with van der Waals surface area (Å²) in [6.07, 6.45) is 0. The Bertz CT molecular complexity index is 884. The van der Waals surface area contributed by atoms with Crippen LogP contribution in [-0.2, 0) is 14.3 Å². The lowest BCUT2D eigenvalue weighted by Crippen LogP contribution is -2.34. The number of ether oxygens (including phenoxy) is 1. The number of nitrogens with zero attached hydrogens (tertiary/aromatic N) is 1. The number of carbonyl (C=O) groups excluding carboxylic acids is 2. The number of hydrogen-bond donors (Lipinski definition) is 0. The van der Waals surface area contributed by atoms with E-state index in [1.165, 1.54) is 23.8 Å². The predicted octanol–water partition coefficient (Wildman–Crippen LogP) is 4.51. The number of amides is 2. The molecule has 0 saturated carbocycles. The van der Waals surface area contributed by atoms with Gasteiger partial charge in [-0.15, -0.1) is 0 Å². The van der Waals surface area contributed by atoms with Crippen molar-refractivity contribution in [3.05, 3.63) is 69.0 Å². The van der Waals surface area contributed by atoms with Gasteiger partial charge >= 0.3 is 0 Å². The van der Waals surface area contributed by atoms with Crippen LogP contribution < -0.4 is 0 Å². The van der Waals surface area contributed by atoms with Crippen molar-refractivity contribution in [1.29, 1.82) is 0 Å². The van der Waals surface area contributed by atoms with E-state index in [0.29, 0.717) is 26.1 Å². The van der Waals surface area contributed by atoms with E-state index in [2.05, 4.69) is 0 Å². The summed E-state index contributed by atoms with van der Waals surface area (Å²) in [6, 6.07) is 14.3. The van der Waals surface area contributed by atoms with Gasteiger partial charge in [-0.1, -0.05) is 59.2 Å². The Balaban J connectivity index is 2.08. The molecule has 2 aromatic rings. The van der Waals surface area contributed by atoms with Crippen molar-refractivity contribution in [1.82, 2.24) is 4.90 Å². The highest BCUT2D eigenvalue weighted by Gasteiger charge is 2.39. The van der Waals surface area contributed by atoms with E-state index in [4.69, 9.17) is 27.9 Å². The zero-order valence-electron chi connectivity index (χ0n) is 13.9. The van der Waals surface area contributed by atoms with Crippen LogP contribution in [0, 0.1) is 0 Å². The van der Waals surface area contributed by atoms with Gasteiger partial charge in [0, 0.05) is 22.6 Å². The van der Waals surface area contributed by atoms with Gasteiger partial charge in [0.25, 0.3) is 11.8 Å². The Labute approximate surface area is 165 Å². The van der Waals surface area contributed by atoms with E-state index in [1.807, 2.05) is 30.3 Å². The Morgan fingerprint density at radius 2 is 1.77 bits per heavy atom. The summed E-state index contributed by atoms with van der Waals surface area (Å²) >= 11 is 13.5. The summed E-state index contributed by atoms with van der Waals surface area (Å²) in [6.45, 7) is 0.449. The first-order valence-corrected chi connectivity index (χ1v) is 9.38. The van der Waals surface area contributed by atoms with Gasteiger partial charge in [-0.2, -0.15) is 0 Å². The van der Waals surface area contributed by atoms with Gasteiger partial charge in [0.2, 0.25) is 0 Å². The fraction of sp³-hybridized carbons (Fsp3) is 0.158. The molecule has 2 aromatic carbocycles. The molecule has 26 heavy (non-hydrogen) atoms. The molecule has 0 aliphatic carbocycles. The third-order valence-electron chi connectivity index (χ3n) is 3.81. The normalized spacial score (nSPS) is 14.5. The number of methoxy groups -OCH3 is 1. The van der Waals surface area contributed by atoms with Gasteiger partial charge in [-0.3, -0.25) is 14.5 Å². The summed E-state index contributed by atoms with van der Waals surface area (Å²) < 4.78 is 5.02. The van der Waals surface area contributed by atoms with Gasteiger partial charge < -0.3 is 4.74 Å². The second-order valence-electron chi connectivity index (χ2n) is 5.50. The molecular formula is C19H15Cl2NO3S. The van der Waals surface area contributed by atoms with Gasteiger partial charge in [-0.05, 0) is 24.3 Å². The van der Waals surface area contributed by atoms with Crippen molar-refractivity contribution >= 4 is 52.4 Å². The van der Waals surface area contributed by atoms with Crippen LogP contribution in [0.1, 0.15) is 5.56 Å². The monoisotopic (exact) mass is 407 g/mol. The molecule has 0 bridgehead atoms. The fourth-order valence-electron chi connectivity index (χ4n) is 2.57. The first kappa shape index (κ1) is 19.0. The summed E-state index contributed by atoms with van der Waals surface area (Å²) in [5.41, 5.74) is 0.786. The number of hydrogen-bond acceptors (Lipinski definition) is 4. The zero-order chi connectivity index (χ0) is 18.7. The molecular weight excluding hydrogens is 393 g/mol. The quantitative estimate of drug-likeness (QED) is 0.660. The summed E-state index contributed by atoms with van der Waals surface area (Å²) in [5.74, 6) is -0.725. The largest absolute Gasteiger partial charge is 0.383 e. The number of imide groups is 1. The van der Waals surface area contributed by atoms with Crippen molar-refractivity contribution in [3.63, 3.8) is 0 Å². The topological polar surface area (TPSA) is 46.6 Å². The maximum atomic E-state index is 12.9. The number of carbonyl (C=O) groups is 2. The van der Waals surface area contributed by atoms with Crippen LogP contribution in [0.5, 0.6) is 0 Å². The SMILES string of the molecule is COCCN1C(=O)C(Sc2ccccc2)=C(c2ccc(Cl)cc2Cl)C1=O. The molecule has 0 N–H and O–H groups in total. The van der Waals surface area contributed by atoms with E-state index in [9.17, 15) is 9.59 Å². The van der Waals surface area contributed by atoms with Crippen molar-refractivity contribution in [2.24, 2.45) is 0 Å². The smallest absolute Gasteiger partial charge is 0.268 e. The average Bonchev–Trinajstić information content (AvgIpc) is 2.85. The molecule has 1 heterocycles. The molecule has 0 aromatic heterocycles. The molecule has 0 radical (unpaired) electrons. The lowest BCUT2D eigenvalue weighted by molar-refractivity contribution is -0.137. The molecule has 0 saturated heterocycles. The first-order valence-electron chi connectivity index (χ1n) is 7.80. The second-order valence-corrected chi connectivity index (χ2v) is 7.43. The van der Waals surface area contributed by atoms with Crippen LogP contribution in [0.4, 0.5) is 0 Å². The van der Waals surface area contributed by atoms with E-state index in [0.717, 1.165) is 4.90 Å². The maximum absolute atomic E-state index is 12.9. The Hall–Kier alpha value is -1.79. The van der Waals surface area contributed by atoms with Crippen molar-refractivity contribution in [2.75, 3.05) is 20.3 Å². The molecule has 0 fully saturated rings. The molecule has 7 heteroatoms. The van der Waals surface area contributed by atoms with Crippen LogP contribution in [0.25, 0.3) is 5.57 Å². The van der Waals surface area contributed by atoms with E-state index >= 15 is 0 Å². The third kappa shape index (κ3) is 3.81. The lowest BCUT2D eigenvalue weighted by Gasteiger charge is -2.14. The molecule has 3 rings (SSSR count). The lowest BCUT2D eigenvalue weighted by atomic mass is 10.1. The molecule has 0 atom stereocenters. The number of halogens is 2. The van der Waals surface area contributed by atoms with Gasteiger partial charge in [0.05, 0.1) is 28.7 Å².